The van der Waals surface area contributed by atoms with E-state index in [1.54, 1.807) is 4.72 Å². The van der Waals surface area contributed by atoms with E-state index in [0.29, 0.717) is 11.8 Å². The fourth-order valence-electron chi connectivity index (χ4n) is 2.23. The lowest BCUT2D eigenvalue weighted by Gasteiger charge is -2.13. The first kappa shape index (κ1) is 20.5. The number of rotatable bonds is 4. The molecule has 29 heavy (non-hydrogen) atoms. The van der Waals surface area contributed by atoms with Crippen molar-refractivity contribution in [1.29, 1.82) is 0 Å². The summed E-state index contributed by atoms with van der Waals surface area (Å²) >= 11 is 5.50. The van der Waals surface area contributed by atoms with Crippen LogP contribution in [0.4, 0.5) is 23.7 Å². The fraction of sp³-hybridized carbons (Fsp3) is 0.0667. The number of hydrogen-bond acceptors (Lipinski definition) is 6. The molecule has 0 bridgehead atoms. The van der Waals surface area contributed by atoms with Crippen LogP contribution in [0.25, 0.3) is 5.69 Å². The van der Waals surface area contributed by atoms with E-state index < -0.39 is 32.8 Å². The molecule has 0 saturated carbocycles. The number of alkyl halides is 3. The van der Waals surface area contributed by atoms with Crippen LogP contribution in [0.5, 0.6) is 0 Å². The molecule has 0 fully saturated rings. The Hall–Kier alpha value is -3.19. The number of benzene rings is 2. The topological polar surface area (TPSA) is 119 Å². The number of amides is 2. The summed E-state index contributed by atoms with van der Waals surface area (Å²) < 4.78 is 66.4. The zero-order valence-electron chi connectivity index (χ0n) is 14.1. The number of sulfonamides is 1. The van der Waals surface area contributed by atoms with Crippen molar-refractivity contribution in [2.45, 2.75) is 11.1 Å². The van der Waals surface area contributed by atoms with Crippen LogP contribution in [0.3, 0.4) is 0 Å². The Morgan fingerprint density at radius 3 is 2.55 bits per heavy atom. The summed E-state index contributed by atoms with van der Waals surface area (Å²) in [4.78, 5) is 11.7. The Kier molecular flexibility index (Phi) is 5.44. The number of nitrogens with zero attached hydrogens (tertiary/aromatic N) is 4. The minimum atomic E-state index is -4.74. The highest BCUT2D eigenvalue weighted by molar-refractivity contribution is 7.90. The van der Waals surface area contributed by atoms with Crippen molar-refractivity contribution >= 4 is 33.3 Å². The monoisotopic (exact) mass is 446 g/mol. The zero-order valence-corrected chi connectivity index (χ0v) is 15.6. The molecule has 0 radical (unpaired) electrons. The Balaban J connectivity index is 1.78. The zero-order chi connectivity index (χ0) is 21.2. The molecule has 2 aromatic carbocycles. The molecule has 0 unspecified atom stereocenters. The predicted octanol–water partition coefficient (Wildman–Crippen LogP) is 2.84. The average molecular weight is 447 g/mol. The lowest BCUT2D eigenvalue weighted by atomic mass is 10.2. The first-order valence-corrected chi connectivity index (χ1v) is 9.46. The summed E-state index contributed by atoms with van der Waals surface area (Å²) in [6.07, 6.45) is -3.50. The Labute approximate surface area is 166 Å². The van der Waals surface area contributed by atoms with Crippen molar-refractivity contribution in [3.63, 3.8) is 0 Å². The molecule has 152 valence electrons. The molecule has 3 aromatic rings. The van der Waals surface area contributed by atoms with Gasteiger partial charge in [0.05, 0.1) is 21.2 Å². The van der Waals surface area contributed by atoms with Crippen molar-refractivity contribution in [3.8, 4) is 5.69 Å². The van der Waals surface area contributed by atoms with E-state index in [0.717, 1.165) is 12.1 Å². The maximum absolute atomic E-state index is 12.9. The molecule has 9 nitrogen and oxygen atoms in total. The Morgan fingerprint density at radius 1 is 1.14 bits per heavy atom. The number of urea groups is 1. The van der Waals surface area contributed by atoms with Gasteiger partial charge in [0, 0.05) is 5.69 Å². The third-order valence-corrected chi connectivity index (χ3v) is 5.16. The smallest absolute Gasteiger partial charge is 0.307 e. The van der Waals surface area contributed by atoms with Gasteiger partial charge in [0.15, 0.2) is 0 Å². The molecule has 2 N–H and O–H groups in total. The van der Waals surface area contributed by atoms with Crippen LogP contribution < -0.4 is 10.0 Å². The predicted molar refractivity (Wildman–Crippen MR) is 94.9 cm³/mol. The third kappa shape index (κ3) is 4.81. The van der Waals surface area contributed by atoms with E-state index in [1.165, 1.54) is 35.3 Å². The van der Waals surface area contributed by atoms with Gasteiger partial charge in [0.1, 0.15) is 6.33 Å². The van der Waals surface area contributed by atoms with Gasteiger partial charge >= 0.3 is 12.2 Å². The Bertz CT molecular complexity index is 1150. The number of aromatic nitrogens is 4. The van der Waals surface area contributed by atoms with Crippen molar-refractivity contribution < 1.29 is 26.4 Å². The molecule has 3 rings (SSSR count). The minimum Gasteiger partial charge on any atom is -0.307 e. The van der Waals surface area contributed by atoms with E-state index in [-0.39, 0.29) is 10.6 Å². The van der Waals surface area contributed by atoms with Crippen LogP contribution in [-0.4, -0.2) is 34.7 Å². The van der Waals surface area contributed by atoms with E-state index >= 15 is 0 Å². The van der Waals surface area contributed by atoms with Gasteiger partial charge in [-0.15, -0.1) is 5.10 Å². The van der Waals surface area contributed by atoms with E-state index in [1.807, 2.05) is 5.32 Å². The van der Waals surface area contributed by atoms with Crippen molar-refractivity contribution in [1.82, 2.24) is 24.9 Å². The number of anilines is 1. The molecule has 0 spiro atoms. The normalized spacial score (nSPS) is 11.9. The molecule has 14 heteroatoms. The SMILES string of the molecule is O=C(Nc1ccc(Cl)c(C(F)(F)F)c1)NS(=O)(=O)c1cccc(-n2cnnn2)c1. The number of carbonyl (C=O) groups is 1. The van der Waals surface area contributed by atoms with Gasteiger partial charge in [0.25, 0.3) is 10.0 Å². The molecular formula is C15H10ClF3N6O3S. The van der Waals surface area contributed by atoms with Crippen molar-refractivity contribution in [2.24, 2.45) is 0 Å². The molecular weight excluding hydrogens is 437 g/mol. The van der Waals surface area contributed by atoms with Gasteiger partial charge in [-0.05, 0) is 46.8 Å². The maximum atomic E-state index is 12.9. The molecule has 1 heterocycles. The van der Waals surface area contributed by atoms with Crippen molar-refractivity contribution in [3.05, 3.63) is 59.4 Å². The summed E-state index contributed by atoms with van der Waals surface area (Å²) in [7, 11) is -4.33. The van der Waals surface area contributed by atoms with E-state index in [2.05, 4.69) is 15.5 Å². The number of nitrogens with one attached hydrogen (secondary N) is 2. The second-order valence-corrected chi connectivity index (χ2v) is 7.59. The first-order chi connectivity index (χ1) is 13.6. The van der Waals surface area contributed by atoms with Crippen LogP contribution in [-0.2, 0) is 16.2 Å². The summed E-state index contributed by atoms with van der Waals surface area (Å²) in [5.74, 6) is 0. The van der Waals surface area contributed by atoms with E-state index in [9.17, 15) is 26.4 Å². The van der Waals surface area contributed by atoms with Crippen LogP contribution in [0.1, 0.15) is 5.56 Å². The van der Waals surface area contributed by atoms with Crippen LogP contribution in [0.15, 0.2) is 53.7 Å². The number of tetrazole rings is 1. The highest BCUT2D eigenvalue weighted by Crippen LogP contribution is 2.36. The molecule has 1 aromatic heterocycles. The first-order valence-electron chi connectivity index (χ1n) is 7.60. The number of carbonyl (C=O) groups excluding carboxylic acids is 1. The molecule has 0 atom stereocenters. The van der Waals surface area contributed by atoms with Gasteiger partial charge in [-0.2, -0.15) is 13.2 Å². The average Bonchev–Trinajstić information content (AvgIpc) is 3.17. The molecule has 0 aliphatic heterocycles. The summed E-state index contributed by atoms with van der Waals surface area (Å²) in [5, 5.41) is 11.9. The molecule has 0 saturated heterocycles. The lowest BCUT2D eigenvalue weighted by Crippen LogP contribution is -2.34. The second-order valence-electron chi connectivity index (χ2n) is 5.50. The van der Waals surface area contributed by atoms with Gasteiger partial charge in [-0.3, -0.25) is 0 Å². The summed E-state index contributed by atoms with van der Waals surface area (Å²) in [5.41, 5.74) is -1.16. The third-order valence-electron chi connectivity index (χ3n) is 3.50. The standard InChI is InChI=1S/C15H10ClF3N6O3S/c16-13-5-4-9(6-12(13)15(17,18)19)21-14(26)22-29(27,28)11-3-1-2-10(7-11)25-8-20-23-24-25/h1-8H,(H2,21,22,26). The van der Waals surface area contributed by atoms with Gasteiger partial charge in [-0.25, -0.2) is 22.6 Å². The van der Waals surface area contributed by atoms with Crippen LogP contribution >= 0.6 is 11.6 Å². The second kappa shape index (κ2) is 7.67. The van der Waals surface area contributed by atoms with Crippen LogP contribution in [0, 0.1) is 0 Å². The van der Waals surface area contributed by atoms with Gasteiger partial charge in [-0.1, -0.05) is 17.7 Å². The highest BCUT2D eigenvalue weighted by atomic mass is 35.5. The van der Waals surface area contributed by atoms with E-state index in [4.69, 9.17) is 11.6 Å². The van der Waals surface area contributed by atoms with Gasteiger partial charge in [0.2, 0.25) is 0 Å². The number of hydrogen-bond donors (Lipinski definition) is 2. The fourth-order valence-corrected chi connectivity index (χ4v) is 3.40. The maximum Gasteiger partial charge on any atom is 0.417 e. The van der Waals surface area contributed by atoms with Crippen molar-refractivity contribution in [2.75, 3.05) is 5.32 Å². The van der Waals surface area contributed by atoms with Crippen LogP contribution in [0.2, 0.25) is 5.02 Å². The van der Waals surface area contributed by atoms with Gasteiger partial charge < -0.3 is 5.32 Å². The molecule has 0 aliphatic rings. The highest BCUT2D eigenvalue weighted by Gasteiger charge is 2.33. The minimum absolute atomic E-state index is 0.285. The summed E-state index contributed by atoms with van der Waals surface area (Å²) in [6.45, 7) is 0. The number of halogens is 4. The molecule has 0 aliphatic carbocycles. The molecule has 2 amide bonds. The Morgan fingerprint density at radius 2 is 1.90 bits per heavy atom. The summed E-state index contributed by atoms with van der Waals surface area (Å²) in [6, 6.07) is 6.72. The lowest BCUT2D eigenvalue weighted by molar-refractivity contribution is -0.137. The quantitative estimate of drug-likeness (QED) is 0.636. The largest absolute Gasteiger partial charge is 0.417 e.